The number of anilines is 1. The van der Waals surface area contributed by atoms with Crippen LogP contribution in [0.5, 0.6) is 0 Å². The molecule has 6 nitrogen and oxygen atoms in total. The number of hydrogen-bond donors (Lipinski definition) is 2. The van der Waals surface area contributed by atoms with Crippen molar-refractivity contribution in [2.45, 2.75) is 25.3 Å². The number of nitrogens with one attached hydrogen (secondary N) is 1. The van der Waals surface area contributed by atoms with Crippen molar-refractivity contribution in [2.24, 2.45) is 0 Å². The molecule has 7 heteroatoms. The largest absolute Gasteiger partial charge is 0.399 e. The van der Waals surface area contributed by atoms with Crippen LogP contribution in [0.25, 0.3) is 0 Å². The second kappa shape index (κ2) is 5.26. The number of nitrogen functional groups attached to an aromatic ring is 1. The molecule has 2 rings (SSSR count). The number of benzene rings is 1. The fourth-order valence-corrected chi connectivity index (χ4v) is 3.52. The SMILES string of the molecule is Cc1n[nH]c(C)c1S(=O)(=O)N(C)Cc1ccc(N)cc1. The molecule has 108 valence electrons. The van der Waals surface area contributed by atoms with Crippen LogP contribution in [0.4, 0.5) is 5.69 Å². The highest BCUT2D eigenvalue weighted by atomic mass is 32.2. The first-order valence-corrected chi connectivity index (χ1v) is 7.58. The van der Waals surface area contributed by atoms with E-state index in [9.17, 15) is 8.42 Å². The highest BCUT2D eigenvalue weighted by Crippen LogP contribution is 2.22. The van der Waals surface area contributed by atoms with E-state index in [1.54, 1.807) is 33.0 Å². The summed E-state index contributed by atoms with van der Waals surface area (Å²) in [6, 6.07) is 7.14. The summed E-state index contributed by atoms with van der Waals surface area (Å²) < 4.78 is 26.4. The Kier molecular flexibility index (Phi) is 3.82. The molecule has 20 heavy (non-hydrogen) atoms. The molecule has 0 bridgehead atoms. The molecule has 0 fully saturated rings. The molecule has 1 aromatic carbocycles. The van der Waals surface area contributed by atoms with Crippen molar-refractivity contribution in [3.63, 3.8) is 0 Å². The molecular formula is C13H18N4O2S. The minimum absolute atomic E-state index is 0.246. The normalized spacial score (nSPS) is 12.0. The highest BCUT2D eigenvalue weighted by Gasteiger charge is 2.26. The number of sulfonamides is 1. The third kappa shape index (κ3) is 2.68. The van der Waals surface area contributed by atoms with Crippen LogP contribution in [0.1, 0.15) is 17.0 Å². The predicted molar refractivity (Wildman–Crippen MR) is 77.6 cm³/mol. The second-order valence-electron chi connectivity index (χ2n) is 4.77. The maximum Gasteiger partial charge on any atom is 0.246 e. The third-order valence-electron chi connectivity index (χ3n) is 3.11. The van der Waals surface area contributed by atoms with Gasteiger partial charge in [-0.2, -0.15) is 9.40 Å². The average Bonchev–Trinajstić information content (AvgIpc) is 2.72. The molecule has 1 aromatic heterocycles. The smallest absolute Gasteiger partial charge is 0.246 e. The fraction of sp³-hybridized carbons (Fsp3) is 0.308. The van der Waals surface area contributed by atoms with Crippen molar-refractivity contribution in [3.05, 3.63) is 41.2 Å². The molecule has 0 amide bonds. The summed E-state index contributed by atoms with van der Waals surface area (Å²) in [6.07, 6.45) is 0. The number of aryl methyl sites for hydroxylation is 2. The number of aromatic amines is 1. The molecule has 0 radical (unpaired) electrons. The molecule has 0 atom stereocenters. The van der Waals surface area contributed by atoms with E-state index >= 15 is 0 Å². The van der Waals surface area contributed by atoms with Crippen molar-refractivity contribution in [1.82, 2.24) is 14.5 Å². The molecule has 0 saturated heterocycles. The first-order valence-electron chi connectivity index (χ1n) is 6.14. The molecule has 0 aliphatic rings. The van der Waals surface area contributed by atoms with Gasteiger partial charge in [-0.15, -0.1) is 0 Å². The number of H-pyrrole nitrogens is 1. The third-order valence-corrected chi connectivity index (χ3v) is 5.18. The molecule has 0 aliphatic carbocycles. The van der Waals surface area contributed by atoms with E-state index in [4.69, 9.17) is 5.73 Å². The summed E-state index contributed by atoms with van der Waals surface area (Å²) >= 11 is 0. The Balaban J connectivity index is 2.28. The second-order valence-corrected chi connectivity index (χ2v) is 6.75. The zero-order chi connectivity index (χ0) is 14.9. The Morgan fingerprint density at radius 1 is 1.25 bits per heavy atom. The van der Waals surface area contributed by atoms with Gasteiger partial charge in [0.1, 0.15) is 4.90 Å². The van der Waals surface area contributed by atoms with E-state index in [-0.39, 0.29) is 11.4 Å². The fourth-order valence-electron chi connectivity index (χ4n) is 2.04. The van der Waals surface area contributed by atoms with Crippen molar-refractivity contribution < 1.29 is 8.42 Å². The number of aromatic nitrogens is 2. The quantitative estimate of drug-likeness (QED) is 0.834. The van der Waals surface area contributed by atoms with Gasteiger partial charge in [0.2, 0.25) is 10.0 Å². The van der Waals surface area contributed by atoms with Gasteiger partial charge in [-0.1, -0.05) is 12.1 Å². The topological polar surface area (TPSA) is 92.1 Å². The van der Waals surface area contributed by atoms with Gasteiger partial charge < -0.3 is 5.73 Å². The summed E-state index contributed by atoms with van der Waals surface area (Å²) in [4.78, 5) is 0.246. The van der Waals surface area contributed by atoms with Gasteiger partial charge in [0.25, 0.3) is 0 Å². The number of rotatable bonds is 4. The lowest BCUT2D eigenvalue weighted by Gasteiger charge is -2.17. The van der Waals surface area contributed by atoms with E-state index < -0.39 is 10.0 Å². The van der Waals surface area contributed by atoms with Crippen molar-refractivity contribution in [2.75, 3.05) is 12.8 Å². The van der Waals surface area contributed by atoms with E-state index in [1.165, 1.54) is 4.31 Å². The van der Waals surface area contributed by atoms with E-state index in [0.29, 0.717) is 17.1 Å². The summed E-state index contributed by atoms with van der Waals surface area (Å²) in [5.41, 5.74) is 8.17. The van der Waals surface area contributed by atoms with Gasteiger partial charge >= 0.3 is 0 Å². The molecular weight excluding hydrogens is 276 g/mol. The Labute approximate surface area is 118 Å². The number of nitrogens with zero attached hydrogens (tertiary/aromatic N) is 2. The molecule has 0 unspecified atom stereocenters. The standard InChI is InChI=1S/C13H18N4O2S/c1-9-13(10(2)16-15-9)20(18,19)17(3)8-11-4-6-12(14)7-5-11/h4-7H,8,14H2,1-3H3,(H,15,16). The Morgan fingerprint density at radius 2 is 1.85 bits per heavy atom. The number of nitrogens with two attached hydrogens (primary N) is 1. The van der Waals surface area contributed by atoms with Crippen LogP contribution in [0.15, 0.2) is 29.2 Å². The van der Waals surface area contributed by atoms with Gasteiger partial charge in [0, 0.05) is 19.3 Å². The van der Waals surface area contributed by atoms with Crippen LogP contribution in [-0.2, 0) is 16.6 Å². The lowest BCUT2D eigenvalue weighted by atomic mass is 10.2. The van der Waals surface area contributed by atoms with E-state index in [1.807, 2.05) is 12.1 Å². The lowest BCUT2D eigenvalue weighted by Crippen LogP contribution is -2.27. The molecule has 2 aromatic rings. The van der Waals surface area contributed by atoms with E-state index in [2.05, 4.69) is 10.2 Å². The van der Waals surface area contributed by atoms with Crippen LogP contribution in [-0.4, -0.2) is 30.0 Å². The first-order chi connectivity index (χ1) is 9.32. The van der Waals surface area contributed by atoms with Crippen molar-refractivity contribution in [1.29, 1.82) is 0 Å². The summed E-state index contributed by atoms with van der Waals surface area (Å²) in [6.45, 7) is 3.66. The lowest BCUT2D eigenvalue weighted by molar-refractivity contribution is 0.466. The first kappa shape index (κ1) is 14.5. The maximum atomic E-state index is 12.5. The number of hydrogen-bond acceptors (Lipinski definition) is 4. The zero-order valence-electron chi connectivity index (χ0n) is 11.7. The summed E-state index contributed by atoms with van der Waals surface area (Å²) in [5, 5.41) is 6.63. The van der Waals surface area contributed by atoms with Gasteiger partial charge in [0.05, 0.1) is 11.4 Å². The van der Waals surface area contributed by atoms with Gasteiger partial charge in [-0.05, 0) is 31.5 Å². The van der Waals surface area contributed by atoms with Crippen LogP contribution >= 0.6 is 0 Å². The van der Waals surface area contributed by atoms with Gasteiger partial charge in [0.15, 0.2) is 0 Å². The average molecular weight is 294 g/mol. The maximum absolute atomic E-state index is 12.5. The van der Waals surface area contributed by atoms with Crippen LogP contribution in [0.2, 0.25) is 0 Å². The monoisotopic (exact) mass is 294 g/mol. The van der Waals surface area contributed by atoms with Gasteiger partial charge in [-0.25, -0.2) is 8.42 Å². The molecule has 3 N–H and O–H groups in total. The van der Waals surface area contributed by atoms with Crippen LogP contribution in [0, 0.1) is 13.8 Å². The van der Waals surface area contributed by atoms with E-state index in [0.717, 1.165) is 5.56 Å². The summed E-state index contributed by atoms with van der Waals surface area (Å²) in [7, 11) is -2.00. The van der Waals surface area contributed by atoms with Crippen molar-refractivity contribution >= 4 is 15.7 Å². The Bertz CT molecular complexity index is 685. The van der Waals surface area contributed by atoms with Gasteiger partial charge in [-0.3, -0.25) is 5.10 Å². The molecule has 0 saturated carbocycles. The molecule has 0 aliphatic heterocycles. The molecule has 0 spiro atoms. The minimum atomic E-state index is -3.56. The zero-order valence-corrected chi connectivity index (χ0v) is 12.5. The van der Waals surface area contributed by atoms with Crippen LogP contribution < -0.4 is 5.73 Å². The van der Waals surface area contributed by atoms with Crippen molar-refractivity contribution in [3.8, 4) is 0 Å². The summed E-state index contributed by atoms with van der Waals surface area (Å²) in [5.74, 6) is 0. The minimum Gasteiger partial charge on any atom is -0.399 e. The Morgan fingerprint density at radius 3 is 2.35 bits per heavy atom. The Hall–Kier alpha value is -1.86. The predicted octanol–water partition coefficient (Wildman–Crippen LogP) is 1.43. The van der Waals surface area contributed by atoms with Crippen LogP contribution in [0.3, 0.4) is 0 Å². The molecule has 1 heterocycles. The highest BCUT2D eigenvalue weighted by molar-refractivity contribution is 7.89.